The molecule has 30 heavy (non-hydrogen) atoms. The molecular weight excluding hydrogens is 400 g/mol. The van der Waals surface area contributed by atoms with E-state index in [-0.39, 0.29) is 12.4 Å². The third kappa shape index (κ3) is 5.33. The molecule has 0 spiro atoms. The molecule has 0 radical (unpaired) electrons. The van der Waals surface area contributed by atoms with Gasteiger partial charge in [-0.2, -0.15) is 0 Å². The van der Waals surface area contributed by atoms with Crippen LogP contribution in [0.25, 0.3) is 10.9 Å². The van der Waals surface area contributed by atoms with Gasteiger partial charge in [0, 0.05) is 23.0 Å². The van der Waals surface area contributed by atoms with Crippen molar-refractivity contribution in [2.24, 2.45) is 11.7 Å². The Bertz CT molecular complexity index is 988. The lowest BCUT2D eigenvalue weighted by Crippen LogP contribution is -2.19. The number of benzene rings is 2. The van der Waals surface area contributed by atoms with Crippen molar-refractivity contribution in [3.05, 3.63) is 54.7 Å². The lowest BCUT2D eigenvalue weighted by atomic mass is 9.90. The highest BCUT2D eigenvalue weighted by Gasteiger charge is 2.14. The van der Waals surface area contributed by atoms with Gasteiger partial charge in [-0.1, -0.05) is 31.4 Å². The number of para-hydroxylation sites is 1. The van der Waals surface area contributed by atoms with Crippen LogP contribution in [0.15, 0.2) is 54.7 Å². The number of anilines is 3. The molecule has 3 aromatic rings. The van der Waals surface area contributed by atoms with Gasteiger partial charge in [-0.25, -0.2) is 4.79 Å². The van der Waals surface area contributed by atoms with Crippen LogP contribution in [0, 0.1) is 5.92 Å². The van der Waals surface area contributed by atoms with E-state index in [9.17, 15) is 4.79 Å². The maximum absolute atomic E-state index is 11.2. The van der Waals surface area contributed by atoms with Crippen molar-refractivity contribution in [2.75, 3.05) is 17.2 Å². The van der Waals surface area contributed by atoms with Crippen molar-refractivity contribution in [1.82, 2.24) is 4.98 Å². The number of pyridine rings is 1. The van der Waals surface area contributed by atoms with Gasteiger partial charge in [0.1, 0.15) is 5.75 Å². The molecule has 1 saturated carbocycles. The van der Waals surface area contributed by atoms with E-state index in [1.807, 2.05) is 42.5 Å². The molecule has 6 nitrogen and oxygen atoms in total. The normalized spacial score (nSPS) is 14.0. The quantitative estimate of drug-likeness (QED) is 0.461. The maximum Gasteiger partial charge on any atom is 0.316 e. The van der Waals surface area contributed by atoms with Gasteiger partial charge < -0.3 is 21.1 Å². The predicted octanol–water partition coefficient (Wildman–Crippen LogP) is 5.85. The summed E-state index contributed by atoms with van der Waals surface area (Å²) in [7, 11) is 0. The molecule has 4 N–H and O–H groups in total. The summed E-state index contributed by atoms with van der Waals surface area (Å²) in [5, 5.41) is 6.94. The number of amides is 2. The van der Waals surface area contributed by atoms with E-state index in [1.54, 1.807) is 12.3 Å². The molecule has 1 aliphatic rings. The number of nitrogens with one attached hydrogen (secondary N) is 2. The molecule has 0 aliphatic heterocycles. The molecule has 7 heteroatoms. The van der Waals surface area contributed by atoms with Crippen LogP contribution in [0.4, 0.5) is 21.9 Å². The third-order valence-corrected chi connectivity index (χ3v) is 5.37. The first-order valence-electron chi connectivity index (χ1n) is 10.1. The first kappa shape index (κ1) is 21.7. The molecule has 4 rings (SSSR count). The second kappa shape index (κ2) is 10.2. The summed E-state index contributed by atoms with van der Waals surface area (Å²) in [6.07, 6.45) is 8.28. The summed E-state index contributed by atoms with van der Waals surface area (Å²) < 4.78 is 5.98. The highest BCUT2D eigenvalue weighted by atomic mass is 35.5. The lowest BCUT2D eigenvalue weighted by molar-refractivity contribution is 0.209. The van der Waals surface area contributed by atoms with Gasteiger partial charge in [-0.05, 0) is 55.2 Å². The van der Waals surface area contributed by atoms with Crippen molar-refractivity contribution in [2.45, 2.75) is 32.1 Å². The minimum Gasteiger partial charge on any atom is -0.493 e. The zero-order chi connectivity index (χ0) is 20.1. The van der Waals surface area contributed by atoms with E-state index >= 15 is 0 Å². The largest absolute Gasteiger partial charge is 0.493 e. The molecule has 0 unspecified atom stereocenters. The average molecular weight is 427 g/mol. The Hall–Kier alpha value is -2.99. The van der Waals surface area contributed by atoms with Crippen LogP contribution < -0.4 is 21.1 Å². The van der Waals surface area contributed by atoms with Crippen LogP contribution in [0.3, 0.4) is 0 Å². The number of hydrogen-bond acceptors (Lipinski definition) is 4. The van der Waals surface area contributed by atoms with Gasteiger partial charge in [-0.3, -0.25) is 4.98 Å². The van der Waals surface area contributed by atoms with Crippen molar-refractivity contribution in [3.8, 4) is 5.75 Å². The fourth-order valence-electron chi connectivity index (χ4n) is 3.88. The van der Waals surface area contributed by atoms with Gasteiger partial charge >= 0.3 is 6.03 Å². The molecule has 1 heterocycles. The zero-order valence-electron chi connectivity index (χ0n) is 16.8. The molecule has 2 aromatic carbocycles. The first-order valence-corrected chi connectivity index (χ1v) is 10.1. The molecule has 0 atom stereocenters. The molecule has 1 aromatic heterocycles. The van der Waals surface area contributed by atoms with Crippen LogP contribution in [0.1, 0.15) is 32.1 Å². The number of hydrogen-bond donors (Lipinski definition) is 3. The van der Waals surface area contributed by atoms with Gasteiger partial charge in [-0.15, -0.1) is 12.4 Å². The van der Waals surface area contributed by atoms with Crippen LogP contribution in [-0.2, 0) is 0 Å². The summed E-state index contributed by atoms with van der Waals surface area (Å²) >= 11 is 0. The minimum atomic E-state index is -0.610. The smallest absolute Gasteiger partial charge is 0.316 e. The Labute approximate surface area is 182 Å². The minimum absolute atomic E-state index is 0. The highest BCUT2D eigenvalue weighted by Crippen LogP contribution is 2.30. The summed E-state index contributed by atoms with van der Waals surface area (Å²) in [4.78, 5) is 15.6. The Balaban J connectivity index is 0.00000256. The maximum atomic E-state index is 11.2. The summed E-state index contributed by atoms with van der Waals surface area (Å²) in [5.41, 5.74) is 8.39. The number of halogens is 1. The van der Waals surface area contributed by atoms with E-state index < -0.39 is 6.03 Å². The first-order chi connectivity index (χ1) is 14.2. The number of urea groups is 1. The molecule has 0 bridgehead atoms. The number of carbonyl (C=O) groups excluding carboxylic acids is 1. The van der Waals surface area contributed by atoms with Crippen molar-refractivity contribution < 1.29 is 9.53 Å². The second-order valence-corrected chi connectivity index (χ2v) is 7.51. The fraction of sp³-hybridized carbons (Fsp3) is 0.304. The molecule has 1 aliphatic carbocycles. The van der Waals surface area contributed by atoms with Gasteiger partial charge in [0.15, 0.2) is 0 Å². The number of carbonyl (C=O) groups is 1. The van der Waals surface area contributed by atoms with Crippen LogP contribution in [-0.4, -0.2) is 17.6 Å². The molecular formula is C23H27ClN4O2. The number of primary amides is 1. The summed E-state index contributed by atoms with van der Waals surface area (Å²) in [6, 6.07) is 14.9. The van der Waals surface area contributed by atoms with Gasteiger partial charge in [0.2, 0.25) is 0 Å². The molecule has 2 amide bonds. The zero-order valence-corrected chi connectivity index (χ0v) is 17.6. The lowest BCUT2D eigenvalue weighted by Gasteiger charge is -2.21. The standard InChI is InChI=1S/C23H26N4O2.ClH/c24-23(28)27-21-8-4-7-19-20(13-14-25-22(19)21)26-17-9-11-18(12-10-17)29-15-16-5-2-1-3-6-16;/h4,7-14,16H,1-3,5-6,15H2,(H,25,26)(H3,24,27,28);1H. The Kier molecular flexibility index (Phi) is 7.36. The summed E-state index contributed by atoms with van der Waals surface area (Å²) in [5.74, 6) is 1.58. The monoisotopic (exact) mass is 426 g/mol. The Morgan fingerprint density at radius 1 is 1.03 bits per heavy atom. The SMILES string of the molecule is Cl.NC(=O)Nc1cccc2c(Nc3ccc(OCC4CCCCC4)cc3)ccnc12. The summed E-state index contributed by atoms with van der Waals surface area (Å²) in [6.45, 7) is 0.803. The number of nitrogens with zero attached hydrogens (tertiary/aromatic N) is 1. The van der Waals surface area contributed by atoms with E-state index in [2.05, 4.69) is 15.6 Å². The van der Waals surface area contributed by atoms with Crippen LogP contribution in [0.5, 0.6) is 5.75 Å². The highest BCUT2D eigenvalue weighted by molar-refractivity contribution is 6.03. The number of ether oxygens (including phenoxy) is 1. The number of fused-ring (bicyclic) bond motifs is 1. The van der Waals surface area contributed by atoms with Crippen molar-refractivity contribution in [3.63, 3.8) is 0 Å². The Morgan fingerprint density at radius 3 is 2.53 bits per heavy atom. The topological polar surface area (TPSA) is 89.3 Å². The van der Waals surface area contributed by atoms with E-state index in [0.717, 1.165) is 29.1 Å². The third-order valence-electron chi connectivity index (χ3n) is 5.37. The molecule has 0 saturated heterocycles. The van der Waals surface area contributed by atoms with Crippen molar-refractivity contribution in [1.29, 1.82) is 0 Å². The van der Waals surface area contributed by atoms with Gasteiger partial charge in [0.25, 0.3) is 0 Å². The fourth-order valence-corrected chi connectivity index (χ4v) is 3.88. The molecule has 1 fully saturated rings. The molecule has 158 valence electrons. The van der Waals surface area contributed by atoms with Crippen LogP contribution >= 0.6 is 12.4 Å². The van der Waals surface area contributed by atoms with Gasteiger partial charge in [0.05, 0.1) is 17.8 Å². The average Bonchev–Trinajstić information content (AvgIpc) is 2.74. The van der Waals surface area contributed by atoms with Crippen molar-refractivity contribution >= 4 is 46.4 Å². The number of nitrogens with two attached hydrogens (primary N) is 1. The van der Waals surface area contributed by atoms with E-state index in [1.165, 1.54) is 32.1 Å². The van der Waals surface area contributed by atoms with Crippen LogP contribution in [0.2, 0.25) is 0 Å². The predicted molar refractivity (Wildman–Crippen MR) is 124 cm³/mol. The second-order valence-electron chi connectivity index (χ2n) is 7.51. The number of rotatable bonds is 6. The number of aromatic nitrogens is 1. The van der Waals surface area contributed by atoms with E-state index in [4.69, 9.17) is 10.5 Å². The Morgan fingerprint density at radius 2 is 1.80 bits per heavy atom. The van der Waals surface area contributed by atoms with E-state index in [0.29, 0.717) is 17.1 Å².